The van der Waals surface area contributed by atoms with Crippen LogP contribution < -0.4 is 5.73 Å². The number of carbonyl (C=O) groups excluding carboxylic acids is 1. The van der Waals surface area contributed by atoms with E-state index in [0.29, 0.717) is 11.3 Å². The molecule has 1 aromatic carbocycles. The van der Waals surface area contributed by atoms with Crippen LogP contribution in [0.2, 0.25) is 0 Å². The second kappa shape index (κ2) is 6.14. The van der Waals surface area contributed by atoms with Gasteiger partial charge in [-0.3, -0.25) is 4.79 Å². The number of carbonyl (C=O) groups is 1. The molecule has 2 rings (SSSR count). The highest BCUT2D eigenvalue weighted by molar-refractivity contribution is 7.99. The molecule has 0 aromatic heterocycles. The number of thioether (sulfide) groups is 1. The number of esters is 1. The first-order chi connectivity index (χ1) is 9.46. The van der Waals surface area contributed by atoms with E-state index in [4.69, 9.17) is 10.5 Å². The second-order valence-corrected chi connectivity index (χ2v) is 6.54. The minimum Gasteiger partial charge on any atom is -0.469 e. The van der Waals surface area contributed by atoms with Crippen LogP contribution in [-0.2, 0) is 9.53 Å². The second-order valence-electron chi connectivity index (χ2n) is 5.52. The summed E-state index contributed by atoms with van der Waals surface area (Å²) in [7, 11) is 1.40. The van der Waals surface area contributed by atoms with Gasteiger partial charge >= 0.3 is 5.97 Å². The molecule has 1 aliphatic rings. The van der Waals surface area contributed by atoms with Gasteiger partial charge in [-0.15, -0.1) is 11.8 Å². The maximum Gasteiger partial charge on any atom is 0.306 e. The monoisotopic (exact) mass is 297 g/mol. The summed E-state index contributed by atoms with van der Waals surface area (Å²) in [5.41, 5.74) is 6.53. The van der Waals surface area contributed by atoms with Crippen LogP contribution in [0, 0.1) is 11.2 Å². The summed E-state index contributed by atoms with van der Waals surface area (Å²) in [6.07, 6.45) is 2.44. The van der Waals surface area contributed by atoms with Crippen molar-refractivity contribution < 1.29 is 13.9 Å². The molecule has 0 bridgehead atoms. The molecular weight excluding hydrogens is 277 g/mol. The lowest BCUT2D eigenvalue weighted by molar-refractivity contribution is -0.141. The molecule has 0 radical (unpaired) electrons. The molecule has 1 aliphatic carbocycles. The van der Waals surface area contributed by atoms with Gasteiger partial charge in [0.2, 0.25) is 0 Å². The third kappa shape index (κ3) is 3.73. The van der Waals surface area contributed by atoms with E-state index in [-0.39, 0.29) is 23.2 Å². The molecule has 0 saturated heterocycles. The van der Waals surface area contributed by atoms with Crippen molar-refractivity contribution in [2.24, 2.45) is 11.1 Å². The molecule has 0 amide bonds. The molecule has 2 N–H and O–H groups in total. The van der Waals surface area contributed by atoms with Gasteiger partial charge in [-0.1, -0.05) is 6.07 Å². The Bertz CT molecular complexity index is 501. The number of nitrogens with two attached hydrogens (primary N) is 1. The molecule has 0 aliphatic heterocycles. The van der Waals surface area contributed by atoms with Gasteiger partial charge in [-0.25, -0.2) is 4.39 Å². The molecular formula is C15H20FNO2S. The molecule has 1 fully saturated rings. The van der Waals surface area contributed by atoms with E-state index in [2.05, 4.69) is 0 Å². The van der Waals surface area contributed by atoms with Gasteiger partial charge in [-0.2, -0.15) is 0 Å². The first-order valence-corrected chi connectivity index (χ1v) is 7.69. The van der Waals surface area contributed by atoms with Crippen molar-refractivity contribution in [3.05, 3.63) is 29.6 Å². The minimum absolute atomic E-state index is 0.00400. The number of hydrogen-bond acceptors (Lipinski definition) is 4. The number of rotatable bonds is 6. The van der Waals surface area contributed by atoms with E-state index in [0.717, 1.165) is 24.2 Å². The normalized spacial score (nSPS) is 17.6. The van der Waals surface area contributed by atoms with Gasteiger partial charge < -0.3 is 10.5 Å². The minimum atomic E-state index is -0.237. The van der Waals surface area contributed by atoms with E-state index in [9.17, 15) is 9.18 Å². The Kier molecular flexibility index (Phi) is 4.70. The summed E-state index contributed by atoms with van der Waals surface area (Å²) in [6, 6.07) is 4.95. The van der Waals surface area contributed by atoms with Crippen molar-refractivity contribution in [1.82, 2.24) is 0 Å². The van der Waals surface area contributed by atoms with Gasteiger partial charge in [-0.05, 0) is 42.9 Å². The van der Waals surface area contributed by atoms with Crippen LogP contribution in [0.3, 0.4) is 0 Å². The van der Waals surface area contributed by atoms with Crippen LogP contribution in [0.4, 0.5) is 4.39 Å². The SMILES string of the molecule is COC(=O)CC1(CSc2ccc([C@H](C)N)cc2F)CC1. The zero-order valence-electron chi connectivity index (χ0n) is 11.8. The quantitative estimate of drug-likeness (QED) is 0.646. The summed E-state index contributed by atoms with van der Waals surface area (Å²) >= 11 is 1.47. The van der Waals surface area contributed by atoms with Gasteiger partial charge in [0.25, 0.3) is 0 Å². The Labute approximate surface area is 123 Å². The fraction of sp³-hybridized carbons (Fsp3) is 0.533. The average Bonchev–Trinajstić information content (AvgIpc) is 3.17. The summed E-state index contributed by atoms with van der Waals surface area (Å²) in [5, 5.41) is 0. The summed E-state index contributed by atoms with van der Waals surface area (Å²) < 4.78 is 18.7. The van der Waals surface area contributed by atoms with Crippen LogP contribution in [-0.4, -0.2) is 18.8 Å². The van der Waals surface area contributed by atoms with Crippen molar-refractivity contribution >= 4 is 17.7 Å². The molecule has 20 heavy (non-hydrogen) atoms. The van der Waals surface area contributed by atoms with E-state index in [1.54, 1.807) is 6.07 Å². The molecule has 0 spiro atoms. The topological polar surface area (TPSA) is 52.3 Å². The van der Waals surface area contributed by atoms with E-state index in [1.165, 1.54) is 24.9 Å². The Morgan fingerprint density at radius 1 is 1.55 bits per heavy atom. The maximum atomic E-state index is 14.0. The molecule has 3 nitrogen and oxygen atoms in total. The first kappa shape index (κ1) is 15.3. The highest BCUT2D eigenvalue weighted by Gasteiger charge is 2.44. The Morgan fingerprint density at radius 3 is 2.75 bits per heavy atom. The van der Waals surface area contributed by atoms with Crippen LogP contribution in [0.25, 0.3) is 0 Å². The predicted molar refractivity (Wildman–Crippen MR) is 78.0 cm³/mol. The number of benzene rings is 1. The van der Waals surface area contributed by atoms with Crippen LogP contribution in [0.15, 0.2) is 23.1 Å². The maximum absolute atomic E-state index is 14.0. The van der Waals surface area contributed by atoms with Gasteiger partial charge in [0.1, 0.15) is 5.82 Å². The number of ether oxygens (including phenoxy) is 1. The Hall–Kier alpha value is -1.07. The summed E-state index contributed by atoms with van der Waals surface area (Å²) in [6.45, 7) is 1.83. The van der Waals surface area contributed by atoms with Crippen LogP contribution >= 0.6 is 11.8 Å². The molecule has 1 saturated carbocycles. The fourth-order valence-corrected chi connectivity index (χ4v) is 3.29. The largest absolute Gasteiger partial charge is 0.469 e. The van der Waals surface area contributed by atoms with Crippen molar-refractivity contribution in [1.29, 1.82) is 0 Å². The predicted octanol–water partition coefficient (Wildman–Crippen LogP) is 3.28. The third-order valence-corrected chi connectivity index (χ3v) is 5.12. The molecule has 1 atom stereocenters. The Morgan fingerprint density at radius 2 is 2.25 bits per heavy atom. The number of methoxy groups -OCH3 is 1. The highest BCUT2D eigenvalue weighted by atomic mass is 32.2. The van der Waals surface area contributed by atoms with Gasteiger partial charge in [0, 0.05) is 16.7 Å². The number of halogens is 1. The van der Waals surface area contributed by atoms with E-state index in [1.807, 2.05) is 13.0 Å². The van der Waals surface area contributed by atoms with E-state index >= 15 is 0 Å². The van der Waals surface area contributed by atoms with Crippen LogP contribution in [0.5, 0.6) is 0 Å². The molecule has 110 valence electrons. The summed E-state index contributed by atoms with van der Waals surface area (Å²) in [5.74, 6) is 0.325. The van der Waals surface area contributed by atoms with E-state index < -0.39 is 0 Å². The summed E-state index contributed by atoms with van der Waals surface area (Å²) in [4.78, 5) is 12.0. The van der Waals surface area contributed by atoms with Crippen molar-refractivity contribution in [2.75, 3.05) is 12.9 Å². The fourth-order valence-electron chi connectivity index (χ4n) is 2.08. The van der Waals surface area contributed by atoms with Crippen LogP contribution in [0.1, 0.15) is 37.8 Å². The van der Waals surface area contributed by atoms with Crippen molar-refractivity contribution in [3.8, 4) is 0 Å². The highest BCUT2D eigenvalue weighted by Crippen LogP contribution is 2.52. The lowest BCUT2D eigenvalue weighted by Gasteiger charge is -2.14. The Balaban J connectivity index is 1.96. The standard InChI is InChI=1S/C15H20FNO2S/c1-10(17)11-3-4-13(12(16)7-11)20-9-15(5-6-15)8-14(18)19-2/h3-4,7,10H,5-6,8-9,17H2,1-2H3/t10-/m0/s1. The molecule has 1 aromatic rings. The average molecular weight is 297 g/mol. The van der Waals surface area contributed by atoms with Gasteiger partial charge in [0.05, 0.1) is 13.5 Å². The molecule has 5 heteroatoms. The van der Waals surface area contributed by atoms with Crippen molar-refractivity contribution in [2.45, 2.75) is 37.1 Å². The third-order valence-electron chi connectivity index (χ3n) is 3.72. The first-order valence-electron chi connectivity index (χ1n) is 6.70. The number of hydrogen-bond donors (Lipinski definition) is 1. The van der Waals surface area contributed by atoms with Crippen molar-refractivity contribution in [3.63, 3.8) is 0 Å². The molecule has 0 heterocycles. The lowest BCUT2D eigenvalue weighted by atomic mass is 10.1. The lowest BCUT2D eigenvalue weighted by Crippen LogP contribution is -2.13. The zero-order chi connectivity index (χ0) is 14.8. The van der Waals surface area contributed by atoms with Gasteiger partial charge in [0.15, 0.2) is 0 Å². The smallest absolute Gasteiger partial charge is 0.306 e. The zero-order valence-corrected chi connectivity index (χ0v) is 12.6. The molecule has 0 unspecified atom stereocenters.